The Balaban J connectivity index is 1.98. The molecule has 0 fully saturated rings. The molecule has 2 amide bonds. The maximum Gasteiger partial charge on any atom is 0.389 e. The Morgan fingerprint density at radius 2 is 1.77 bits per heavy atom. The average Bonchev–Trinajstić information content (AvgIpc) is 3.03. The number of alkyl halides is 3. The minimum absolute atomic E-state index is 0.00932. The number of para-hydroxylation sites is 1. The monoisotopic (exact) mass is 623 g/mol. The molecule has 0 aromatic heterocycles. The zero-order valence-corrected chi connectivity index (χ0v) is 24.1. The van der Waals surface area contributed by atoms with Crippen LogP contribution in [0.15, 0.2) is 58.0 Å². The SMILES string of the molecule is CCC[C@H](C(=O)OCC(C)C)[C@@H](CCC(F)(F)F)C(=O)NC1N=C(c2ccccc2)c2cccc(Br)c2NC1=O. The van der Waals surface area contributed by atoms with Crippen LogP contribution in [0.2, 0.25) is 0 Å². The highest BCUT2D eigenvalue weighted by Gasteiger charge is 2.39. The van der Waals surface area contributed by atoms with Gasteiger partial charge in [-0.15, -0.1) is 0 Å². The molecule has 0 saturated heterocycles. The standard InChI is InChI=1S/C29H33BrF3N3O4/c1-4-9-20(28(39)40-16-17(2)3)19(14-15-29(31,32)33)26(37)36-25-27(38)35-24-21(12-8-13-22(24)30)23(34-25)18-10-6-5-7-11-18/h5-8,10-13,17,19-20,25H,4,9,14-16H2,1-3H3,(H,35,38)(H,36,37)/t19-,20+,25?/m1/s1. The molecule has 1 unspecified atom stereocenters. The molecule has 2 N–H and O–H groups in total. The third-order valence-corrected chi connectivity index (χ3v) is 7.03. The molecule has 216 valence electrons. The van der Waals surface area contributed by atoms with E-state index in [2.05, 4.69) is 31.6 Å². The number of esters is 1. The molecule has 7 nitrogen and oxygen atoms in total. The molecule has 0 radical (unpaired) electrons. The number of fused-ring (bicyclic) bond motifs is 1. The molecule has 40 heavy (non-hydrogen) atoms. The summed E-state index contributed by atoms with van der Waals surface area (Å²) in [5.41, 5.74) is 2.13. The second kappa shape index (κ2) is 13.9. The summed E-state index contributed by atoms with van der Waals surface area (Å²) in [6, 6.07) is 14.3. The van der Waals surface area contributed by atoms with E-state index in [0.717, 1.165) is 0 Å². The van der Waals surface area contributed by atoms with Crippen LogP contribution in [0.25, 0.3) is 0 Å². The van der Waals surface area contributed by atoms with E-state index in [9.17, 15) is 27.6 Å². The van der Waals surface area contributed by atoms with Crippen molar-refractivity contribution in [3.05, 3.63) is 64.1 Å². The second-order valence-electron chi connectivity index (χ2n) is 10.1. The maximum atomic E-state index is 13.6. The minimum Gasteiger partial charge on any atom is -0.465 e. The van der Waals surface area contributed by atoms with Crippen molar-refractivity contribution in [3.63, 3.8) is 0 Å². The van der Waals surface area contributed by atoms with Crippen LogP contribution in [0.5, 0.6) is 0 Å². The largest absolute Gasteiger partial charge is 0.465 e. The number of aliphatic imine (C=N–C) groups is 1. The first-order chi connectivity index (χ1) is 18.9. The van der Waals surface area contributed by atoms with Gasteiger partial charge >= 0.3 is 12.1 Å². The molecule has 11 heteroatoms. The van der Waals surface area contributed by atoms with Crippen molar-refractivity contribution in [3.8, 4) is 0 Å². The van der Waals surface area contributed by atoms with Crippen molar-refractivity contribution in [2.75, 3.05) is 11.9 Å². The number of carbonyl (C=O) groups excluding carboxylic acids is 3. The summed E-state index contributed by atoms with van der Waals surface area (Å²) in [6.45, 7) is 5.51. The Kier molecular flexibility index (Phi) is 10.9. The lowest BCUT2D eigenvalue weighted by molar-refractivity contribution is -0.158. The molecule has 1 heterocycles. The van der Waals surface area contributed by atoms with Crippen LogP contribution < -0.4 is 10.6 Å². The minimum atomic E-state index is -4.54. The molecule has 3 rings (SSSR count). The molecule has 0 spiro atoms. The molecule has 0 saturated carbocycles. The zero-order valence-electron chi connectivity index (χ0n) is 22.6. The lowest BCUT2D eigenvalue weighted by Gasteiger charge is -2.27. The predicted molar refractivity (Wildman–Crippen MR) is 150 cm³/mol. The first-order valence-corrected chi connectivity index (χ1v) is 14.0. The fourth-order valence-corrected chi connectivity index (χ4v) is 4.91. The summed E-state index contributed by atoms with van der Waals surface area (Å²) in [7, 11) is 0. The molecule has 3 atom stereocenters. The van der Waals surface area contributed by atoms with Gasteiger partial charge in [0.25, 0.3) is 5.91 Å². The number of rotatable bonds is 11. The van der Waals surface area contributed by atoms with Crippen LogP contribution in [0, 0.1) is 17.8 Å². The number of hydrogen-bond acceptors (Lipinski definition) is 5. The van der Waals surface area contributed by atoms with Gasteiger partial charge in [-0.1, -0.05) is 69.7 Å². The highest BCUT2D eigenvalue weighted by Crippen LogP contribution is 2.33. The van der Waals surface area contributed by atoms with Gasteiger partial charge in [0.15, 0.2) is 0 Å². The first-order valence-electron chi connectivity index (χ1n) is 13.2. The quantitative estimate of drug-likeness (QED) is 0.289. The van der Waals surface area contributed by atoms with E-state index in [1.165, 1.54) is 0 Å². The van der Waals surface area contributed by atoms with Crippen LogP contribution in [-0.2, 0) is 19.1 Å². The molecule has 2 aromatic carbocycles. The Bertz CT molecular complexity index is 1230. The Hall–Kier alpha value is -3.21. The fourth-order valence-electron chi connectivity index (χ4n) is 4.45. The van der Waals surface area contributed by atoms with Gasteiger partial charge < -0.3 is 15.4 Å². The summed E-state index contributed by atoms with van der Waals surface area (Å²) >= 11 is 3.44. The van der Waals surface area contributed by atoms with Crippen LogP contribution in [0.1, 0.15) is 57.6 Å². The van der Waals surface area contributed by atoms with Crippen molar-refractivity contribution in [1.29, 1.82) is 0 Å². The third kappa shape index (κ3) is 8.39. The Labute approximate surface area is 240 Å². The van der Waals surface area contributed by atoms with Crippen molar-refractivity contribution < 1.29 is 32.3 Å². The number of halogens is 4. The van der Waals surface area contributed by atoms with E-state index < -0.39 is 54.8 Å². The van der Waals surface area contributed by atoms with Gasteiger partial charge in [0.2, 0.25) is 12.1 Å². The van der Waals surface area contributed by atoms with Gasteiger partial charge in [0, 0.05) is 22.0 Å². The number of benzene rings is 2. The van der Waals surface area contributed by atoms with E-state index in [-0.39, 0.29) is 18.9 Å². The van der Waals surface area contributed by atoms with E-state index in [1.54, 1.807) is 49.4 Å². The topological polar surface area (TPSA) is 96.9 Å². The van der Waals surface area contributed by atoms with Gasteiger partial charge in [0.05, 0.1) is 29.8 Å². The lowest BCUT2D eigenvalue weighted by atomic mass is 9.84. The van der Waals surface area contributed by atoms with Gasteiger partial charge in [-0.05, 0) is 40.8 Å². The number of amides is 2. The molecule has 0 aliphatic carbocycles. The van der Waals surface area contributed by atoms with Crippen molar-refractivity contribution in [1.82, 2.24) is 5.32 Å². The molecule has 1 aliphatic rings. The molecule has 1 aliphatic heterocycles. The molecular weight excluding hydrogens is 591 g/mol. The second-order valence-corrected chi connectivity index (χ2v) is 10.9. The summed E-state index contributed by atoms with van der Waals surface area (Å²) < 4.78 is 45.7. The summed E-state index contributed by atoms with van der Waals surface area (Å²) in [5, 5.41) is 5.29. The van der Waals surface area contributed by atoms with Gasteiger partial charge in [-0.25, -0.2) is 4.99 Å². The highest BCUT2D eigenvalue weighted by molar-refractivity contribution is 9.10. The Morgan fingerprint density at radius 3 is 2.40 bits per heavy atom. The van der Waals surface area contributed by atoms with Crippen molar-refractivity contribution in [2.45, 2.75) is 58.8 Å². The van der Waals surface area contributed by atoms with Crippen LogP contribution in [0.4, 0.5) is 18.9 Å². The summed E-state index contributed by atoms with van der Waals surface area (Å²) in [4.78, 5) is 44.4. The van der Waals surface area contributed by atoms with Crippen LogP contribution in [0.3, 0.4) is 0 Å². The molecule has 2 aromatic rings. The van der Waals surface area contributed by atoms with Gasteiger partial charge in [0.1, 0.15) is 0 Å². The van der Waals surface area contributed by atoms with E-state index in [0.29, 0.717) is 33.4 Å². The van der Waals surface area contributed by atoms with Crippen LogP contribution in [-0.4, -0.2) is 42.4 Å². The van der Waals surface area contributed by atoms with Gasteiger partial charge in [-0.3, -0.25) is 14.4 Å². The number of nitrogens with zero attached hydrogens (tertiary/aromatic N) is 1. The fraction of sp³-hybridized carbons (Fsp3) is 0.448. The number of hydrogen-bond donors (Lipinski definition) is 2. The van der Waals surface area contributed by atoms with E-state index >= 15 is 0 Å². The van der Waals surface area contributed by atoms with Crippen molar-refractivity contribution >= 4 is 45.1 Å². The van der Waals surface area contributed by atoms with Gasteiger partial charge in [-0.2, -0.15) is 13.2 Å². The number of anilines is 1. The molecule has 0 bridgehead atoms. The average molecular weight is 624 g/mol. The predicted octanol–water partition coefficient (Wildman–Crippen LogP) is 6.26. The van der Waals surface area contributed by atoms with E-state index in [1.807, 2.05) is 19.9 Å². The smallest absolute Gasteiger partial charge is 0.389 e. The summed E-state index contributed by atoms with van der Waals surface area (Å²) in [6.07, 6.45) is -7.29. The van der Waals surface area contributed by atoms with Crippen LogP contribution >= 0.6 is 15.9 Å². The first kappa shape index (κ1) is 31.3. The number of benzodiazepines with no additional fused rings is 1. The van der Waals surface area contributed by atoms with Crippen molar-refractivity contribution in [2.24, 2.45) is 22.7 Å². The van der Waals surface area contributed by atoms with E-state index in [4.69, 9.17) is 4.74 Å². The lowest BCUT2D eigenvalue weighted by Crippen LogP contribution is -2.47. The normalized spacial score (nSPS) is 16.8. The number of carbonyl (C=O) groups is 3. The Morgan fingerprint density at radius 1 is 1.07 bits per heavy atom. The maximum absolute atomic E-state index is 13.6. The highest BCUT2D eigenvalue weighted by atomic mass is 79.9. The molecular formula is C29H33BrF3N3O4. The summed E-state index contributed by atoms with van der Waals surface area (Å²) in [5.74, 6) is -4.74. The number of ether oxygens (including phenoxy) is 1. The number of nitrogens with one attached hydrogen (secondary N) is 2. The zero-order chi connectivity index (χ0) is 29.4. The third-order valence-electron chi connectivity index (χ3n) is 6.37.